The largest absolute Gasteiger partial charge is 0.598 e. The van der Waals surface area contributed by atoms with Gasteiger partial charge in [0.25, 0.3) is 10.0 Å². The molecule has 2 aromatic carbocycles. The molecule has 1 N–H and O–H groups in total. The molecule has 0 aliphatic heterocycles. The minimum absolute atomic E-state index is 0.0424. The summed E-state index contributed by atoms with van der Waals surface area (Å²) in [4.78, 5) is 0.0424. The first-order valence-electron chi connectivity index (χ1n) is 9.92. The molecule has 0 spiro atoms. The van der Waals surface area contributed by atoms with E-state index in [-0.39, 0.29) is 10.9 Å². The van der Waals surface area contributed by atoms with Crippen LogP contribution >= 0.6 is 0 Å². The maximum Gasteiger partial charge on any atom is 0.268 e. The molecular formula is C22H25FN2O3S2. The Morgan fingerprint density at radius 1 is 1.13 bits per heavy atom. The van der Waals surface area contributed by atoms with Gasteiger partial charge in [-0.1, -0.05) is 18.2 Å². The Kier molecular flexibility index (Phi) is 5.47. The number of fused-ring (bicyclic) bond motifs is 3. The van der Waals surface area contributed by atoms with E-state index in [1.165, 1.54) is 16.1 Å². The van der Waals surface area contributed by atoms with E-state index in [9.17, 15) is 17.4 Å². The first-order chi connectivity index (χ1) is 14.1. The predicted octanol–water partition coefficient (Wildman–Crippen LogP) is 4.45. The molecule has 0 radical (unpaired) electrons. The Morgan fingerprint density at radius 3 is 2.47 bits per heavy atom. The number of rotatable bonds is 4. The molecule has 1 aliphatic carbocycles. The van der Waals surface area contributed by atoms with Gasteiger partial charge in [-0.25, -0.2) is 16.8 Å². The number of halogens is 1. The second kappa shape index (κ2) is 7.67. The average molecular weight is 449 g/mol. The highest BCUT2D eigenvalue weighted by Crippen LogP contribution is 2.40. The van der Waals surface area contributed by atoms with E-state index in [2.05, 4.69) is 4.72 Å². The van der Waals surface area contributed by atoms with Gasteiger partial charge in [0.2, 0.25) is 0 Å². The lowest BCUT2D eigenvalue weighted by Gasteiger charge is -2.30. The Bertz CT molecular complexity index is 1180. The second-order valence-electron chi connectivity index (χ2n) is 8.54. The Morgan fingerprint density at radius 2 is 1.80 bits per heavy atom. The van der Waals surface area contributed by atoms with E-state index in [1.807, 2.05) is 32.9 Å². The molecule has 4 rings (SSSR count). The lowest BCUT2D eigenvalue weighted by atomic mass is 9.91. The van der Waals surface area contributed by atoms with Crippen molar-refractivity contribution in [1.82, 2.24) is 8.69 Å². The number of nitrogens with one attached hydrogen (secondary N) is 1. The van der Waals surface area contributed by atoms with Gasteiger partial charge in [-0.2, -0.15) is 0 Å². The monoisotopic (exact) mass is 448 g/mol. The van der Waals surface area contributed by atoms with Gasteiger partial charge in [-0.05, 0) is 70.4 Å². The topological polar surface area (TPSA) is 74.2 Å². The van der Waals surface area contributed by atoms with E-state index in [0.29, 0.717) is 17.6 Å². The summed E-state index contributed by atoms with van der Waals surface area (Å²) in [6.07, 6.45) is 2.16. The van der Waals surface area contributed by atoms with Crippen LogP contribution in [0.4, 0.5) is 4.39 Å². The van der Waals surface area contributed by atoms with Crippen molar-refractivity contribution in [2.75, 3.05) is 0 Å². The van der Waals surface area contributed by atoms with Crippen LogP contribution in [0.25, 0.3) is 10.9 Å². The molecule has 1 aromatic heterocycles. The first-order valence-corrected chi connectivity index (χ1v) is 12.5. The molecule has 0 bridgehead atoms. The Labute approximate surface area is 179 Å². The van der Waals surface area contributed by atoms with Crippen LogP contribution in [0.2, 0.25) is 0 Å². The molecule has 8 heteroatoms. The van der Waals surface area contributed by atoms with Crippen LogP contribution in [0.3, 0.4) is 0 Å². The van der Waals surface area contributed by atoms with E-state index < -0.39 is 31.9 Å². The second-order valence-corrected chi connectivity index (χ2v) is 12.3. The van der Waals surface area contributed by atoms with Gasteiger partial charge in [0.15, 0.2) is 0 Å². The van der Waals surface area contributed by atoms with Gasteiger partial charge in [0.05, 0.1) is 16.5 Å². The molecular weight excluding hydrogens is 423 g/mol. The third kappa shape index (κ3) is 3.66. The van der Waals surface area contributed by atoms with E-state index in [4.69, 9.17) is 0 Å². The summed E-state index contributed by atoms with van der Waals surface area (Å²) in [6, 6.07) is 12.1. The van der Waals surface area contributed by atoms with Crippen molar-refractivity contribution in [3.63, 3.8) is 0 Å². The van der Waals surface area contributed by atoms with Crippen LogP contribution in [0.5, 0.6) is 0 Å². The lowest BCUT2D eigenvalue weighted by Crippen LogP contribution is -2.42. The summed E-state index contributed by atoms with van der Waals surface area (Å²) in [5.41, 5.74) is 2.18. The van der Waals surface area contributed by atoms with Crippen LogP contribution in [0.15, 0.2) is 53.4 Å². The van der Waals surface area contributed by atoms with Gasteiger partial charge in [-0.3, -0.25) is 0 Å². The SMILES string of the molecule is CC(C)(C)[S+]([O-])N[C@H]1CCCc2c1c1ccccc1n2S(=O)(=O)c1ccc(F)cc1. The van der Waals surface area contributed by atoms with E-state index in [1.54, 1.807) is 12.1 Å². The molecule has 0 saturated heterocycles. The first kappa shape index (κ1) is 21.4. The van der Waals surface area contributed by atoms with Crippen LogP contribution in [0, 0.1) is 5.82 Å². The smallest absolute Gasteiger partial charge is 0.268 e. The summed E-state index contributed by atoms with van der Waals surface area (Å²) < 4.78 is 57.4. The molecule has 0 amide bonds. The summed E-state index contributed by atoms with van der Waals surface area (Å²) in [5.74, 6) is -0.484. The summed E-state index contributed by atoms with van der Waals surface area (Å²) >= 11 is -1.29. The molecule has 2 atom stereocenters. The molecule has 160 valence electrons. The normalized spacial score (nSPS) is 18.4. The average Bonchev–Trinajstić information content (AvgIpc) is 3.03. The van der Waals surface area contributed by atoms with Crippen molar-refractivity contribution in [2.45, 2.75) is 55.7 Å². The van der Waals surface area contributed by atoms with Crippen LogP contribution in [-0.2, 0) is 27.8 Å². The number of para-hydroxylation sites is 1. The fraction of sp³-hybridized carbons (Fsp3) is 0.364. The van der Waals surface area contributed by atoms with E-state index in [0.717, 1.165) is 35.9 Å². The molecule has 1 unspecified atom stereocenters. The highest BCUT2D eigenvalue weighted by atomic mass is 32.2. The third-order valence-electron chi connectivity index (χ3n) is 5.38. The summed E-state index contributed by atoms with van der Waals surface area (Å²) in [6.45, 7) is 5.71. The van der Waals surface area contributed by atoms with Gasteiger partial charge < -0.3 is 4.55 Å². The Hall–Kier alpha value is -1.87. The van der Waals surface area contributed by atoms with Crippen molar-refractivity contribution in [3.8, 4) is 0 Å². The molecule has 0 saturated carbocycles. The number of benzene rings is 2. The molecule has 30 heavy (non-hydrogen) atoms. The van der Waals surface area contributed by atoms with Crippen LogP contribution in [0.1, 0.15) is 50.9 Å². The van der Waals surface area contributed by atoms with E-state index >= 15 is 0 Å². The number of hydrogen-bond acceptors (Lipinski definition) is 4. The zero-order valence-corrected chi connectivity index (χ0v) is 18.8. The van der Waals surface area contributed by atoms with Gasteiger partial charge in [0, 0.05) is 28.0 Å². The van der Waals surface area contributed by atoms with Crippen molar-refractivity contribution in [1.29, 1.82) is 0 Å². The minimum atomic E-state index is -3.91. The zero-order valence-electron chi connectivity index (χ0n) is 17.2. The van der Waals surface area contributed by atoms with Crippen molar-refractivity contribution >= 4 is 32.3 Å². The lowest BCUT2D eigenvalue weighted by molar-refractivity contribution is 0.488. The zero-order chi connectivity index (χ0) is 21.7. The number of aromatic nitrogens is 1. The minimum Gasteiger partial charge on any atom is -0.598 e. The molecule has 1 aliphatic rings. The molecule has 3 aromatic rings. The fourth-order valence-corrected chi connectivity index (χ4v) is 6.38. The van der Waals surface area contributed by atoms with Crippen LogP contribution < -0.4 is 4.72 Å². The van der Waals surface area contributed by atoms with Gasteiger partial charge >= 0.3 is 0 Å². The number of hydrogen-bond donors (Lipinski definition) is 1. The maximum atomic E-state index is 13.5. The summed E-state index contributed by atoms with van der Waals surface area (Å²) in [7, 11) is -3.91. The predicted molar refractivity (Wildman–Crippen MR) is 118 cm³/mol. The van der Waals surface area contributed by atoms with Crippen molar-refractivity contribution < 1.29 is 17.4 Å². The van der Waals surface area contributed by atoms with Crippen molar-refractivity contribution in [3.05, 3.63) is 65.6 Å². The molecule has 1 heterocycles. The molecule has 0 fully saturated rings. The van der Waals surface area contributed by atoms with Crippen molar-refractivity contribution in [2.24, 2.45) is 0 Å². The van der Waals surface area contributed by atoms with Crippen LogP contribution in [-0.4, -0.2) is 21.7 Å². The Balaban J connectivity index is 1.91. The quantitative estimate of drug-likeness (QED) is 0.599. The molecule has 5 nitrogen and oxygen atoms in total. The maximum absolute atomic E-state index is 13.5. The third-order valence-corrected chi connectivity index (χ3v) is 8.76. The standard InChI is InChI=1S/C22H25FN2O3S2/c1-22(2,3)29(26)24-18-8-6-10-20-21(18)17-7-4-5-9-19(17)25(20)30(27,28)16-13-11-15(23)12-14-16/h4-5,7,9,11-14,18,24H,6,8,10H2,1-3H3/t18-,29?/m0/s1. The highest BCUT2D eigenvalue weighted by Gasteiger charge is 2.36. The highest BCUT2D eigenvalue weighted by molar-refractivity contribution is 7.91. The van der Waals surface area contributed by atoms with Gasteiger partial charge in [-0.15, -0.1) is 4.72 Å². The summed E-state index contributed by atoms with van der Waals surface area (Å²) in [5, 5.41) is 0.835. The fourth-order valence-electron chi connectivity index (χ4n) is 3.94. The number of nitrogens with zero attached hydrogens (tertiary/aromatic N) is 1. The van der Waals surface area contributed by atoms with Gasteiger partial charge in [0.1, 0.15) is 10.6 Å².